The summed E-state index contributed by atoms with van der Waals surface area (Å²) in [7, 11) is -2.30. The number of carboxylic acids is 1. The van der Waals surface area contributed by atoms with Crippen LogP contribution < -0.4 is 0 Å². The highest BCUT2D eigenvalue weighted by atomic mass is 32.2. The molecule has 1 N–H and O–H groups in total. The highest BCUT2D eigenvalue weighted by Gasteiger charge is 2.17. The summed E-state index contributed by atoms with van der Waals surface area (Å²) in [5.74, 6) is -1.61. The minimum Gasteiger partial charge on any atom is -0.478 e. The van der Waals surface area contributed by atoms with Gasteiger partial charge in [0.1, 0.15) is 0 Å². The van der Waals surface area contributed by atoms with Crippen LogP contribution in [0.15, 0.2) is 23.1 Å². The van der Waals surface area contributed by atoms with Crippen molar-refractivity contribution in [1.82, 2.24) is 0 Å². The smallest absolute Gasteiger partial charge is 0.335 e. The van der Waals surface area contributed by atoms with Gasteiger partial charge in [-0.25, -0.2) is 13.2 Å². The van der Waals surface area contributed by atoms with Crippen LogP contribution in [0.2, 0.25) is 0 Å². The number of methoxy groups -OCH3 is 1. The fraction of sp³-hybridized carbons (Fsp3) is 0.300. The lowest BCUT2D eigenvalue weighted by Gasteiger charge is -2.06. The van der Waals surface area contributed by atoms with E-state index in [1.54, 1.807) is 6.92 Å². The van der Waals surface area contributed by atoms with Crippen molar-refractivity contribution in [2.75, 3.05) is 13.0 Å². The lowest BCUT2D eigenvalue weighted by molar-refractivity contribution is 0.0696. The van der Waals surface area contributed by atoms with Gasteiger partial charge in [-0.2, -0.15) is 0 Å². The summed E-state index contributed by atoms with van der Waals surface area (Å²) in [6.07, 6.45) is 0. The highest BCUT2D eigenvalue weighted by molar-refractivity contribution is 7.91. The van der Waals surface area contributed by atoms with Gasteiger partial charge >= 0.3 is 5.97 Å². The molecule has 0 unspecified atom stereocenters. The molecule has 0 heterocycles. The Morgan fingerprint density at radius 2 is 2.06 bits per heavy atom. The van der Waals surface area contributed by atoms with Gasteiger partial charge in [-0.3, -0.25) is 0 Å². The number of benzene rings is 1. The van der Waals surface area contributed by atoms with Gasteiger partial charge in [0, 0.05) is 7.11 Å². The first-order valence-electron chi connectivity index (χ1n) is 4.44. The Kier molecular flexibility index (Phi) is 3.66. The molecule has 6 heteroatoms. The highest BCUT2D eigenvalue weighted by Crippen LogP contribution is 2.17. The van der Waals surface area contributed by atoms with E-state index in [1.165, 1.54) is 19.2 Å². The molecule has 0 aromatic heterocycles. The predicted molar refractivity (Wildman–Crippen MR) is 57.2 cm³/mol. The number of ether oxygens (including phenoxy) is 1. The Bertz CT molecular complexity index is 504. The lowest BCUT2D eigenvalue weighted by Crippen LogP contribution is -2.10. The zero-order chi connectivity index (χ0) is 12.3. The van der Waals surface area contributed by atoms with Crippen LogP contribution in [0.5, 0.6) is 0 Å². The van der Waals surface area contributed by atoms with Crippen LogP contribution in [0.4, 0.5) is 0 Å². The van der Waals surface area contributed by atoms with E-state index in [2.05, 4.69) is 4.74 Å². The summed E-state index contributed by atoms with van der Waals surface area (Å²) in [5.41, 5.74) is 0.501. The fourth-order valence-corrected chi connectivity index (χ4v) is 2.27. The summed E-state index contributed by atoms with van der Waals surface area (Å²) >= 11 is 0. The van der Waals surface area contributed by atoms with Crippen molar-refractivity contribution < 1.29 is 23.1 Å². The van der Waals surface area contributed by atoms with E-state index in [9.17, 15) is 13.2 Å². The molecule has 0 spiro atoms. The van der Waals surface area contributed by atoms with E-state index in [0.29, 0.717) is 5.56 Å². The Balaban J connectivity index is 3.28. The van der Waals surface area contributed by atoms with Crippen LogP contribution in [-0.2, 0) is 14.6 Å². The van der Waals surface area contributed by atoms with E-state index < -0.39 is 21.7 Å². The molecule has 0 aliphatic carbocycles. The van der Waals surface area contributed by atoms with Gasteiger partial charge in [-0.1, -0.05) is 6.07 Å². The Morgan fingerprint density at radius 3 is 2.56 bits per heavy atom. The van der Waals surface area contributed by atoms with Crippen molar-refractivity contribution in [3.63, 3.8) is 0 Å². The second-order valence-electron chi connectivity index (χ2n) is 3.30. The SMILES string of the molecule is COCS(=O)(=O)c1ccc(C)c(C(=O)O)c1. The number of rotatable bonds is 4. The fourth-order valence-electron chi connectivity index (χ4n) is 1.25. The molecular formula is C10H12O5S. The predicted octanol–water partition coefficient (Wildman–Crippen LogP) is 1.07. The molecule has 1 aromatic rings. The average Bonchev–Trinajstić information content (AvgIpc) is 2.17. The second-order valence-corrected chi connectivity index (χ2v) is 5.24. The molecule has 16 heavy (non-hydrogen) atoms. The molecule has 0 fully saturated rings. The molecule has 1 rings (SSSR count). The molecule has 0 aliphatic rings. The standard InChI is InChI=1S/C10H12O5S/c1-7-3-4-8(5-9(7)10(11)12)16(13,14)6-15-2/h3-5H,6H2,1-2H3,(H,11,12). The van der Waals surface area contributed by atoms with Crippen LogP contribution >= 0.6 is 0 Å². The first kappa shape index (κ1) is 12.7. The number of sulfone groups is 1. The first-order valence-corrected chi connectivity index (χ1v) is 6.09. The van der Waals surface area contributed by atoms with E-state index >= 15 is 0 Å². The molecular weight excluding hydrogens is 232 g/mol. The van der Waals surface area contributed by atoms with Crippen LogP contribution in [0.1, 0.15) is 15.9 Å². The van der Waals surface area contributed by atoms with Crippen molar-refractivity contribution in [2.24, 2.45) is 0 Å². The number of hydrogen-bond acceptors (Lipinski definition) is 4. The number of aryl methyl sites for hydroxylation is 1. The van der Waals surface area contributed by atoms with Crippen LogP contribution in [0.25, 0.3) is 0 Å². The van der Waals surface area contributed by atoms with E-state index in [1.807, 2.05) is 0 Å². The monoisotopic (exact) mass is 244 g/mol. The normalized spacial score (nSPS) is 11.4. The molecule has 0 saturated heterocycles. The number of carbonyl (C=O) groups is 1. The van der Waals surface area contributed by atoms with Gasteiger partial charge < -0.3 is 9.84 Å². The van der Waals surface area contributed by atoms with Gasteiger partial charge in [0.15, 0.2) is 5.94 Å². The molecule has 5 nitrogen and oxygen atoms in total. The summed E-state index contributed by atoms with van der Waals surface area (Å²) in [6, 6.07) is 3.98. The zero-order valence-electron chi connectivity index (χ0n) is 8.93. The van der Waals surface area contributed by atoms with Gasteiger partial charge in [-0.05, 0) is 24.6 Å². The van der Waals surface area contributed by atoms with E-state index in [0.717, 1.165) is 6.07 Å². The van der Waals surface area contributed by atoms with Crippen molar-refractivity contribution >= 4 is 15.8 Å². The quantitative estimate of drug-likeness (QED) is 0.856. The largest absolute Gasteiger partial charge is 0.478 e. The molecule has 88 valence electrons. The van der Waals surface area contributed by atoms with Crippen molar-refractivity contribution in [2.45, 2.75) is 11.8 Å². The third-order valence-corrected chi connectivity index (χ3v) is 3.59. The Hall–Kier alpha value is -1.40. The molecule has 0 radical (unpaired) electrons. The van der Waals surface area contributed by atoms with Crippen molar-refractivity contribution in [1.29, 1.82) is 0 Å². The van der Waals surface area contributed by atoms with Gasteiger partial charge in [0.2, 0.25) is 9.84 Å². The zero-order valence-corrected chi connectivity index (χ0v) is 9.74. The van der Waals surface area contributed by atoms with Crippen molar-refractivity contribution in [3.05, 3.63) is 29.3 Å². The first-order chi connectivity index (χ1) is 7.38. The topological polar surface area (TPSA) is 80.7 Å². The maximum atomic E-state index is 11.6. The van der Waals surface area contributed by atoms with E-state index in [-0.39, 0.29) is 10.5 Å². The lowest BCUT2D eigenvalue weighted by atomic mass is 10.1. The van der Waals surface area contributed by atoms with Crippen LogP contribution in [-0.4, -0.2) is 32.5 Å². The summed E-state index contributed by atoms with van der Waals surface area (Å²) in [6.45, 7) is 1.61. The van der Waals surface area contributed by atoms with Crippen LogP contribution in [0.3, 0.4) is 0 Å². The molecule has 0 aliphatic heterocycles. The molecule has 0 bridgehead atoms. The maximum absolute atomic E-state index is 11.6. The summed E-state index contributed by atoms with van der Waals surface area (Å²) < 4.78 is 27.8. The third-order valence-electron chi connectivity index (χ3n) is 2.07. The molecule has 0 amide bonds. The van der Waals surface area contributed by atoms with Gasteiger partial charge in [0.05, 0.1) is 10.5 Å². The second kappa shape index (κ2) is 4.63. The van der Waals surface area contributed by atoms with Gasteiger partial charge in [-0.15, -0.1) is 0 Å². The minimum absolute atomic E-state index is 0.0165. The Morgan fingerprint density at radius 1 is 1.44 bits per heavy atom. The van der Waals surface area contributed by atoms with Gasteiger partial charge in [0.25, 0.3) is 0 Å². The number of hydrogen-bond donors (Lipinski definition) is 1. The maximum Gasteiger partial charge on any atom is 0.335 e. The summed E-state index contributed by atoms with van der Waals surface area (Å²) in [4.78, 5) is 10.8. The number of aromatic carboxylic acids is 1. The van der Waals surface area contributed by atoms with Crippen molar-refractivity contribution in [3.8, 4) is 0 Å². The summed E-state index contributed by atoms with van der Waals surface area (Å²) in [5, 5.41) is 8.86. The molecule has 0 atom stereocenters. The van der Waals surface area contributed by atoms with Crippen LogP contribution in [0, 0.1) is 6.92 Å². The average molecular weight is 244 g/mol. The third kappa shape index (κ3) is 2.59. The molecule has 0 saturated carbocycles. The Labute approximate surface area is 93.6 Å². The minimum atomic E-state index is -3.57. The number of carboxylic acid groups (broad SMARTS) is 1. The van der Waals surface area contributed by atoms with E-state index in [4.69, 9.17) is 5.11 Å². The molecule has 1 aromatic carbocycles.